The van der Waals surface area contributed by atoms with Crippen LogP contribution in [0.3, 0.4) is 0 Å². The Morgan fingerprint density at radius 1 is 1.53 bits per heavy atom. The molecule has 0 aromatic heterocycles. The van der Waals surface area contributed by atoms with Gasteiger partial charge < -0.3 is 9.94 Å². The quantitative estimate of drug-likeness (QED) is 0.455. The molecule has 0 aliphatic carbocycles. The average Bonchev–Trinajstić information content (AvgIpc) is 2.23. The van der Waals surface area contributed by atoms with Crippen LogP contribution in [-0.4, -0.2) is 18.0 Å². The van der Waals surface area contributed by atoms with Gasteiger partial charge in [0, 0.05) is 11.1 Å². The van der Waals surface area contributed by atoms with Crippen molar-refractivity contribution < 1.29 is 14.3 Å². The van der Waals surface area contributed by atoms with Crippen LogP contribution in [0.2, 0.25) is 0 Å². The zero-order valence-corrected chi connectivity index (χ0v) is 8.33. The van der Waals surface area contributed by atoms with E-state index in [-0.39, 0.29) is 6.61 Å². The van der Waals surface area contributed by atoms with Crippen LogP contribution in [0.15, 0.2) is 28.9 Å². The molecule has 0 radical (unpaired) electrons. The summed E-state index contributed by atoms with van der Waals surface area (Å²) in [5, 5.41) is 11.6. The van der Waals surface area contributed by atoms with Gasteiger partial charge >= 0.3 is 0 Å². The van der Waals surface area contributed by atoms with Gasteiger partial charge in [-0.3, -0.25) is 0 Å². The summed E-state index contributed by atoms with van der Waals surface area (Å²) >= 11 is 5.99. The fraction of sp³-hybridized carbons (Fsp3) is 0.100. The minimum Gasteiger partial charge on any atom is -0.488 e. The molecule has 0 atom stereocenters. The maximum Gasteiger partial charge on any atom is 0.128 e. The first-order valence-electron chi connectivity index (χ1n) is 4.21. The molecule has 1 aliphatic heterocycles. The molecule has 0 saturated carbocycles. The first kappa shape index (κ1) is 9.98. The highest BCUT2D eigenvalue weighted by Gasteiger charge is 2.18. The molecule has 15 heavy (non-hydrogen) atoms. The Bertz CT molecular complexity index is 457. The van der Waals surface area contributed by atoms with Crippen molar-refractivity contribution in [3.05, 3.63) is 35.2 Å². The van der Waals surface area contributed by atoms with Crippen molar-refractivity contribution >= 4 is 22.8 Å². The summed E-state index contributed by atoms with van der Waals surface area (Å²) < 4.78 is 18.3. The van der Waals surface area contributed by atoms with E-state index in [1.54, 1.807) is 0 Å². The average molecular weight is 228 g/mol. The van der Waals surface area contributed by atoms with Crippen LogP contribution in [0.5, 0.6) is 5.75 Å². The van der Waals surface area contributed by atoms with E-state index < -0.39 is 5.82 Å². The lowest BCUT2D eigenvalue weighted by Gasteiger charge is -2.18. The molecule has 1 aromatic carbocycles. The molecule has 0 spiro atoms. The van der Waals surface area contributed by atoms with E-state index in [2.05, 4.69) is 5.16 Å². The summed E-state index contributed by atoms with van der Waals surface area (Å²) in [6.07, 6.45) is 1.18. The molecule has 3 nitrogen and oxygen atoms in total. The second-order valence-corrected chi connectivity index (χ2v) is 3.39. The zero-order chi connectivity index (χ0) is 10.8. The third-order valence-corrected chi connectivity index (χ3v) is 2.50. The second kappa shape index (κ2) is 3.90. The van der Waals surface area contributed by atoms with Gasteiger partial charge in [-0.05, 0) is 18.2 Å². The monoisotopic (exact) mass is 227 g/mol. The van der Waals surface area contributed by atoms with Crippen LogP contribution in [-0.2, 0) is 0 Å². The molecule has 2 rings (SSSR count). The summed E-state index contributed by atoms with van der Waals surface area (Å²) in [5.41, 5.74) is 0.982. The van der Waals surface area contributed by atoms with E-state index in [0.29, 0.717) is 21.9 Å². The number of fused-ring (bicyclic) bond motifs is 1. The number of nitrogens with zero attached hydrogens (tertiary/aromatic N) is 1. The molecule has 0 unspecified atom stereocenters. The fourth-order valence-electron chi connectivity index (χ4n) is 1.36. The summed E-state index contributed by atoms with van der Waals surface area (Å²) in [7, 11) is 0. The molecule has 78 valence electrons. The largest absolute Gasteiger partial charge is 0.488 e. The number of hydrogen-bond donors (Lipinski definition) is 1. The van der Waals surface area contributed by atoms with E-state index in [4.69, 9.17) is 21.5 Å². The van der Waals surface area contributed by atoms with E-state index >= 15 is 0 Å². The van der Waals surface area contributed by atoms with Crippen molar-refractivity contribution in [1.82, 2.24) is 0 Å². The fourth-order valence-corrected chi connectivity index (χ4v) is 1.61. The van der Waals surface area contributed by atoms with Crippen LogP contribution in [0.1, 0.15) is 5.56 Å². The molecule has 0 fully saturated rings. The number of hydrogen-bond acceptors (Lipinski definition) is 3. The minimum absolute atomic E-state index is 0.210. The second-order valence-electron chi connectivity index (χ2n) is 3.01. The number of ether oxygens (including phenoxy) is 1. The van der Waals surface area contributed by atoms with Gasteiger partial charge in [0.05, 0.1) is 11.2 Å². The van der Waals surface area contributed by atoms with E-state index in [9.17, 15) is 4.39 Å². The van der Waals surface area contributed by atoms with Gasteiger partial charge in [0.1, 0.15) is 18.2 Å². The number of benzene rings is 1. The molecule has 1 aromatic rings. The maximum absolute atomic E-state index is 13.0. The smallest absolute Gasteiger partial charge is 0.128 e. The maximum atomic E-state index is 13.0. The van der Waals surface area contributed by atoms with Crippen LogP contribution in [0.4, 0.5) is 4.39 Å². The summed E-state index contributed by atoms with van der Waals surface area (Å²) in [6, 6.07) is 4.09. The zero-order valence-electron chi connectivity index (χ0n) is 7.58. The lowest BCUT2D eigenvalue weighted by molar-refractivity contribution is 0.318. The van der Waals surface area contributed by atoms with Crippen molar-refractivity contribution in [3.8, 4) is 5.75 Å². The highest BCUT2D eigenvalue weighted by molar-refractivity contribution is 6.51. The van der Waals surface area contributed by atoms with E-state index in [1.807, 2.05) is 0 Å². The standard InChI is InChI=1S/C10H7ClFNO2/c11-10-6(4-13-14)5-15-9-2-1-7(12)3-8(9)10/h1-4,14H,5H2. The number of halogens is 2. The van der Waals surface area contributed by atoms with Crippen molar-refractivity contribution in [2.45, 2.75) is 0 Å². The Balaban J connectivity index is 2.54. The first-order chi connectivity index (χ1) is 7.22. The third-order valence-electron chi connectivity index (χ3n) is 2.06. The van der Waals surface area contributed by atoms with Gasteiger partial charge in [0.2, 0.25) is 0 Å². The Kier molecular flexibility index (Phi) is 2.60. The molecule has 1 N–H and O–H groups in total. The molecular formula is C10H7ClFNO2. The molecule has 1 heterocycles. The molecule has 5 heteroatoms. The SMILES string of the molecule is ON=CC1=C(Cl)c2cc(F)ccc2OC1. The minimum atomic E-state index is -0.391. The molecule has 0 bridgehead atoms. The topological polar surface area (TPSA) is 41.8 Å². The van der Waals surface area contributed by atoms with Crippen molar-refractivity contribution in [1.29, 1.82) is 0 Å². The van der Waals surface area contributed by atoms with Crippen LogP contribution in [0.25, 0.3) is 5.03 Å². The summed E-state index contributed by atoms with van der Waals surface area (Å²) in [6.45, 7) is 0.210. The highest BCUT2D eigenvalue weighted by atomic mass is 35.5. The predicted molar refractivity (Wildman–Crippen MR) is 54.9 cm³/mol. The van der Waals surface area contributed by atoms with Gasteiger partial charge in [0.25, 0.3) is 0 Å². The van der Waals surface area contributed by atoms with E-state index in [0.717, 1.165) is 0 Å². The molecule has 0 amide bonds. The van der Waals surface area contributed by atoms with Gasteiger partial charge in [0.15, 0.2) is 0 Å². The summed E-state index contributed by atoms with van der Waals surface area (Å²) in [5.74, 6) is 0.133. The van der Waals surface area contributed by atoms with Gasteiger partial charge in [-0.1, -0.05) is 16.8 Å². The van der Waals surface area contributed by atoms with Crippen molar-refractivity contribution in [2.24, 2.45) is 5.16 Å². The van der Waals surface area contributed by atoms with Crippen molar-refractivity contribution in [3.63, 3.8) is 0 Å². The highest BCUT2D eigenvalue weighted by Crippen LogP contribution is 2.35. The van der Waals surface area contributed by atoms with E-state index in [1.165, 1.54) is 24.4 Å². The van der Waals surface area contributed by atoms with Crippen LogP contribution in [0, 0.1) is 5.82 Å². The Morgan fingerprint density at radius 2 is 2.33 bits per heavy atom. The van der Waals surface area contributed by atoms with Crippen LogP contribution < -0.4 is 4.74 Å². The molecular weight excluding hydrogens is 221 g/mol. The number of rotatable bonds is 1. The molecule has 1 aliphatic rings. The Hall–Kier alpha value is -1.55. The summed E-state index contributed by atoms with van der Waals surface area (Å²) in [4.78, 5) is 0. The lowest BCUT2D eigenvalue weighted by Crippen LogP contribution is -2.10. The Labute approximate surface area is 90.4 Å². The first-order valence-corrected chi connectivity index (χ1v) is 4.59. The lowest BCUT2D eigenvalue weighted by atomic mass is 10.1. The third kappa shape index (κ3) is 1.80. The Morgan fingerprint density at radius 3 is 3.07 bits per heavy atom. The van der Waals surface area contributed by atoms with Crippen LogP contribution >= 0.6 is 11.6 Å². The van der Waals surface area contributed by atoms with Crippen molar-refractivity contribution in [2.75, 3.05) is 6.61 Å². The van der Waals surface area contributed by atoms with Gasteiger partial charge in [-0.2, -0.15) is 0 Å². The molecule has 0 saturated heterocycles. The predicted octanol–water partition coefficient (Wildman–Crippen LogP) is 2.63. The number of oxime groups is 1. The normalized spacial score (nSPS) is 15.3. The van der Waals surface area contributed by atoms with Gasteiger partial charge in [-0.15, -0.1) is 0 Å². The van der Waals surface area contributed by atoms with Gasteiger partial charge in [-0.25, -0.2) is 4.39 Å².